The molecule has 3 aromatic carbocycles. The highest BCUT2D eigenvalue weighted by molar-refractivity contribution is 9.10. The SMILES string of the molecule is O=C(O)c1ccc(-c2ccccc2)cc1NS(=O)(=O)c1cc(Br)cc2c1OCCNC2=O. The molecule has 164 valence electrons. The third-order valence-electron chi connectivity index (χ3n) is 4.79. The zero-order chi connectivity index (χ0) is 22.9. The minimum Gasteiger partial charge on any atom is -0.489 e. The second-order valence-electron chi connectivity index (χ2n) is 6.92. The molecule has 0 radical (unpaired) electrons. The van der Waals surface area contributed by atoms with Crippen LogP contribution in [0.5, 0.6) is 5.75 Å². The van der Waals surface area contributed by atoms with Gasteiger partial charge in [0.1, 0.15) is 11.5 Å². The first-order chi connectivity index (χ1) is 15.3. The number of benzene rings is 3. The number of halogens is 1. The van der Waals surface area contributed by atoms with E-state index in [0.29, 0.717) is 10.0 Å². The van der Waals surface area contributed by atoms with E-state index in [1.807, 2.05) is 30.3 Å². The molecule has 1 aliphatic rings. The molecular formula is C22H17BrN2O6S. The van der Waals surface area contributed by atoms with E-state index in [1.54, 1.807) is 6.07 Å². The topological polar surface area (TPSA) is 122 Å². The van der Waals surface area contributed by atoms with Crippen LogP contribution in [-0.4, -0.2) is 38.6 Å². The number of rotatable bonds is 5. The van der Waals surface area contributed by atoms with Crippen molar-refractivity contribution in [3.8, 4) is 16.9 Å². The smallest absolute Gasteiger partial charge is 0.337 e. The Morgan fingerprint density at radius 1 is 1.06 bits per heavy atom. The average molecular weight is 517 g/mol. The van der Waals surface area contributed by atoms with Crippen LogP contribution in [0.15, 0.2) is 70.0 Å². The van der Waals surface area contributed by atoms with Crippen molar-refractivity contribution in [1.29, 1.82) is 0 Å². The van der Waals surface area contributed by atoms with E-state index in [9.17, 15) is 23.1 Å². The van der Waals surface area contributed by atoms with Gasteiger partial charge in [-0.05, 0) is 35.4 Å². The van der Waals surface area contributed by atoms with E-state index in [4.69, 9.17) is 4.74 Å². The number of carbonyl (C=O) groups is 2. The molecule has 0 aliphatic carbocycles. The molecule has 3 N–H and O–H groups in total. The van der Waals surface area contributed by atoms with E-state index in [0.717, 1.165) is 5.56 Å². The lowest BCUT2D eigenvalue weighted by Gasteiger charge is -2.16. The second kappa shape index (κ2) is 8.64. The Morgan fingerprint density at radius 2 is 1.81 bits per heavy atom. The molecule has 0 atom stereocenters. The van der Waals surface area contributed by atoms with Gasteiger partial charge in [-0.2, -0.15) is 0 Å². The van der Waals surface area contributed by atoms with Crippen molar-refractivity contribution < 1.29 is 27.9 Å². The summed E-state index contributed by atoms with van der Waals surface area (Å²) < 4.78 is 34.9. The summed E-state index contributed by atoms with van der Waals surface area (Å²) in [4.78, 5) is 23.8. The maximum atomic E-state index is 13.3. The first kappa shape index (κ1) is 21.8. The number of carboxylic acid groups (broad SMARTS) is 1. The summed E-state index contributed by atoms with van der Waals surface area (Å²) in [6.07, 6.45) is 0. The van der Waals surface area contributed by atoms with Crippen LogP contribution < -0.4 is 14.8 Å². The van der Waals surface area contributed by atoms with Crippen molar-refractivity contribution in [1.82, 2.24) is 5.32 Å². The van der Waals surface area contributed by atoms with E-state index in [1.165, 1.54) is 24.3 Å². The molecule has 4 rings (SSSR count). The van der Waals surface area contributed by atoms with Crippen molar-refractivity contribution in [2.75, 3.05) is 17.9 Å². The van der Waals surface area contributed by atoms with Gasteiger partial charge in [-0.25, -0.2) is 13.2 Å². The lowest BCUT2D eigenvalue weighted by atomic mass is 10.0. The Balaban J connectivity index is 1.82. The molecule has 0 bridgehead atoms. The Hall–Kier alpha value is -3.37. The second-order valence-corrected chi connectivity index (χ2v) is 9.49. The van der Waals surface area contributed by atoms with Gasteiger partial charge in [-0.3, -0.25) is 9.52 Å². The molecule has 0 spiro atoms. The van der Waals surface area contributed by atoms with Gasteiger partial charge in [-0.1, -0.05) is 52.3 Å². The van der Waals surface area contributed by atoms with Gasteiger partial charge in [0.15, 0.2) is 5.75 Å². The molecular weight excluding hydrogens is 500 g/mol. The zero-order valence-electron chi connectivity index (χ0n) is 16.5. The van der Waals surface area contributed by atoms with Gasteiger partial charge in [0.25, 0.3) is 15.9 Å². The van der Waals surface area contributed by atoms with Gasteiger partial charge in [0, 0.05) is 4.47 Å². The predicted octanol–water partition coefficient (Wildman–Crippen LogP) is 3.74. The Morgan fingerprint density at radius 3 is 2.53 bits per heavy atom. The van der Waals surface area contributed by atoms with Gasteiger partial charge >= 0.3 is 5.97 Å². The number of aromatic carboxylic acids is 1. The number of hydrogen-bond donors (Lipinski definition) is 3. The molecule has 0 aromatic heterocycles. The first-order valence-corrected chi connectivity index (χ1v) is 11.7. The van der Waals surface area contributed by atoms with Crippen LogP contribution in [0, 0.1) is 0 Å². The number of fused-ring (bicyclic) bond motifs is 1. The van der Waals surface area contributed by atoms with Gasteiger partial charge in [-0.15, -0.1) is 0 Å². The van der Waals surface area contributed by atoms with E-state index in [2.05, 4.69) is 26.0 Å². The summed E-state index contributed by atoms with van der Waals surface area (Å²) >= 11 is 3.23. The van der Waals surface area contributed by atoms with Crippen molar-refractivity contribution in [3.05, 3.63) is 76.3 Å². The number of hydrogen-bond acceptors (Lipinski definition) is 5. The van der Waals surface area contributed by atoms with Crippen LogP contribution in [-0.2, 0) is 10.0 Å². The fourth-order valence-electron chi connectivity index (χ4n) is 3.32. The summed E-state index contributed by atoms with van der Waals surface area (Å²) in [5.74, 6) is -1.84. The molecule has 0 unspecified atom stereocenters. The number of anilines is 1. The number of carboxylic acids is 1. The molecule has 1 amide bonds. The molecule has 1 aliphatic heterocycles. The van der Waals surface area contributed by atoms with Crippen LogP contribution in [0.25, 0.3) is 11.1 Å². The van der Waals surface area contributed by atoms with Crippen molar-refractivity contribution >= 4 is 43.5 Å². The lowest BCUT2D eigenvalue weighted by Crippen LogP contribution is -2.24. The number of ether oxygens (including phenoxy) is 1. The van der Waals surface area contributed by atoms with Gasteiger partial charge < -0.3 is 15.2 Å². The van der Waals surface area contributed by atoms with Crippen molar-refractivity contribution in [2.24, 2.45) is 0 Å². The third kappa shape index (κ3) is 4.32. The summed E-state index contributed by atoms with van der Waals surface area (Å²) in [6, 6.07) is 16.3. The summed E-state index contributed by atoms with van der Waals surface area (Å²) in [7, 11) is -4.32. The average Bonchev–Trinajstić information content (AvgIpc) is 2.94. The van der Waals surface area contributed by atoms with Crippen molar-refractivity contribution in [3.63, 3.8) is 0 Å². The Kier molecular flexibility index (Phi) is 5.90. The van der Waals surface area contributed by atoms with E-state index >= 15 is 0 Å². The molecule has 0 fully saturated rings. The Labute approximate surface area is 192 Å². The molecule has 0 saturated carbocycles. The number of carbonyl (C=O) groups excluding carboxylic acids is 1. The highest BCUT2D eigenvalue weighted by Crippen LogP contribution is 2.35. The summed E-state index contributed by atoms with van der Waals surface area (Å²) in [5, 5.41) is 12.2. The highest BCUT2D eigenvalue weighted by Gasteiger charge is 2.29. The normalized spacial score (nSPS) is 13.3. The molecule has 1 heterocycles. The minimum atomic E-state index is -4.32. The molecule has 8 nitrogen and oxygen atoms in total. The standard InChI is InChI=1S/C22H17BrN2O6S/c23-15-11-17-20(31-9-8-24-21(17)26)19(12-15)32(29,30)25-18-10-14(6-7-16(18)22(27)28)13-4-2-1-3-5-13/h1-7,10-12,25H,8-9H2,(H,24,26)(H,27,28). The van der Waals surface area contributed by atoms with E-state index < -0.39 is 21.9 Å². The van der Waals surface area contributed by atoms with Crippen molar-refractivity contribution in [2.45, 2.75) is 4.90 Å². The molecule has 10 heteroatoms. The largest absolute Gasteiger partial charge is 0.489 e. The molecule has 0 saturated heterocycles. The quantitative estimate of drug-likeness (QED) is 0.474. The number of sulfonamides is 1. The van der Waals surface area contributed by atoms with Crippen LogP contribution in [0.4, 0.5) is 5.69 Å². The number of amides is 1. The van der Waals surface area contributed by atoms with E-state index in [-0.39, 0.29) is 40.6 Å². The van der Waals surface area contributed by atoms with Gasteiger partial charge in [0.05, 0.1) is 23.4 Å². The number of nitrogens with one attached hydrogen (secondary N) is 2. The van der Waals surface area contributed by atoms with Crippen LogP contribution in [0.1, 0.15) is 20.7 Å². The van der Waals surface area contributed by atoms with Crippen LogP contribution in [0.2, 0.25) is 0 Å². The van der Waals surface area contributed by atoms with Crippen LogP contribution >= 0.6 is 15.9 Å². The zero-order valence-corrected chi connectivity index (χ0v) is 18.9. The maximum absolute atomic E-state index is 13.3. The predicted molar refractivity (Wildman–Crippen MR) is 122 cm³/mol. The lowest BCUT2D eigenvalue weighted by molar-refractivity contribution is 0.0697. The fourth-order valence-corrected chi connectivity index (χ4v) is 5.20. The monoisotopic (exact) mass is 516 g/mol. The third-order valence-corrected chi connectivity index (χ3v) is 6.62. The first-order valence-electron chi connectivity index (χ1n) is 9.46. The molecule has 3 aromatic rings. The highest BCUT2D eigenvalue weighted by atomic mass is 79.9. The summed E-state index contributed by atoms with van der Waals surface area (Å²) in [5.41, 5.74) is 1.17. The van der Waals surface area contributed by atoms with Gasteiger partial charge in [0.2, 0.25) is 0 Å². The fraction of sp³-hybridized carbons (Fsp3) is 0.0909. The van der Waals surface area contributed by atoms with Crippen LogP contribution in [0.3, 0.4) is 0 Å². The molecule has 32 heavy (non-hydrogen) atoms. The minimum absolute atomic E-state index is 0.0637. The maximum Gasteiger partial charge on any atom is 0.337 e. The summed E-state index contributed by atoms with van der Waals surface area (Å²) in [6.45, 7) is 0.313. The Bertz CT molecular complexity index is 1330.